The standard InChI is InChI=1S/C13H14BrFN2O2/c1-3-17-12(11(19-2)7-16-17)13(18)8-4-9(14)6-10(15)5-8/h4-7,13,18H,3H2,1-2H3. The molecular weight excluding hydrogens is 315 g/mol. The van der Waals surface area contributed by atoms with Crippen LogP contribution in [0.2, 0.25) is 0 Å². The lowest BCUT2D eigenvalue weighted by Crippen LogP contribution is -2.10. The molecule has 0 bridgehead atoms. The minimum Gasteiger partial charge on any atom is -0.493 e. The smallest absolute Gasteiger partial charge is 0.163 e. The molecule has 1 heterocycles. The van der Waals surface area contributed by atoms with Gasteiger partial charge in [-0.05, 0) is 30.7 Å². The van der Waals surface area contributed by atoms with Gasteiger partial charge in [-0.3, -0.25) is 4.68 Å². The summed E-state index contributed by atoms with van der Waals surface area (Å²) in [5, 5.41) is 14.5. The van der Waals surface area contributed by atoms with E-state index in [2.05, 4.69) is 21.0 Å². The molecule has 0 fully saturated rings. The maximum absolute atomic E-state index is 13.4. The van der Waals surface area contributed by atoms with Crippen LogP contribution in [-0.4, -0.2) is 22.0 Å². The SMILES string of the molecule is CCn1ncc(OC)c1C(O)c1cc(F)cc(Br)c1. The lowest BCUT2D eigenvalue weighted by molar-refractivity contribution is 0.202. The summed E-state index contributed by atoms with van der Waals surface area (Å²) in [6, 6.07) is 4.30. The van der Waals surface area contributed by atoms with Crippen LogP contribution in [0.1, 0.15) is 24.3 Å². The lowest BCUT2D eigenvalue weighted by Gasteiger charge is -2.15. The highest BCUT2D eigenvalue weighted by Gasteiger charge is 2.21. The fourth-order valence-corrected chi connectivity index (χ4v) is 2.44. The Morgan fingerprint density at radius 1 is 1.47 bits per heavy atom. The van der Waals surface area contributed by atoms with E-state index >= 15 is 0 Å². The van der Waals surface area contributed by atoms with E-state index < -0.39 is 11.9 Å². The molecule has 1 atom stereocenters. The van der Waals surface area contributed by atoms with Crippen molar-refractivity contribution in [1.29, 1.82) is 0 Å². The first-order chi connectivity index (χ1) is 9.06. The number of aryl methyl sites for hydroxylation is 1. The summed E-state index contributed by atoms with van der Waals surface area (Å²) >= 11 is 3.21. The van der Waals surface area contributed by atoms with Crippen molar-refractivity contribution in [3.8, 4) is 5.75 Å². The summed E-state index contributed by atoms with van der Waals surface area (Å²) in [6.07, 6.45) is 0.542. The van der Waals surface area contributed by atoms with Gasteiger partial charge in [0.05, 0.1) is 13.3 Å². The van der Waals surface area contributed by atoms with Crippen molar-refractivity contribution in [2.45, 2.75) is 19.6 Å². The number of aliphatic hydroxyl groups excluding tert-OH is 1. The number of aromatic nitrogens is 2. The van der Waals surface area contributed by atoms with Gasteiger partial charge in [0.1, 0.15) is 17.6 Å². The van der Waals surface area contributed by atoms with Gasteiger partial charge in [-0.2, -0.15) is 5.10 Å². The highest BCUT2D eigenvalue weighted by molar-refractivity contribution is 9.10. The van der Waals surface area contributed by atoms with E-state index in [1.54, 1.807) is 10.7 Å². The molecule has 1 aromatic heterocycles. The Morgan fingerprint density at radius 2 is 2.21 bits per heavy atom. The normalized spacial score (nSPS) is 12.5. The number of nitrogens with zero attached hydrogens (tertiary/aromatic N) is 2. The Labute approximate surface area is 118 Å². The molecule has 0 aliphatic heterocycles. The molecule has 0 saturated heterocycles. The summed E-state index contributed by atoms with van der Waals surface area (Å²) < 4.78 is 20.8. The zero-order valence-corrected chi connectivity index (χ0v) is 12.2. The van der Waals surface area contributed by atoms with Crippen molar-refractivity contribution < 1.29 is 14.2 Å². The van der Waals surface area contributed by atoms with Crippen molar-refractivity contribution in [2.24, 2.45) is 0 Å². The van der Waals surface area contributed by atoms with Crippen LogP contribution in [0.5, 0.6) is 5.75 Å². The third kappa shape index (κ3) is 2.79. The van der Waals surface area contributed by atoms with E-state index in [4.69, 9.17) is 4.74 Å². The molecule has 0 spiro atoms. The first kappa shape index (κ1) is 14.0. The molecule has 2 aromatic rings. The van der Waals surface area contributed by atoms with E-state index in [-0.39, 0.29) is 0 Å². The minimum absolute atomic E-state index is 0.412. The quantitative estimate of drug-likeness (QED) is 0.938. The van der Waals surface area contributed by atoms with Crippen LogP contribution < -0.4 is 4.74 Å². The number of halogens is 2. The first-order valence-electron chi connectivity index (χ1n) is 5.80. The monoisotopic (exact) mass is 328 g/mol. The number of hydrogen-bond donors (Lipinski definition) is 1. The van der Waals surface area contributed by atoms with Crippen LogP contribution in [0, 0.1) is 5.82 Å². The van der Waals surface area contributed by atoms with Gasteiger partial charge in [0.2, 0.25) is 0 Å². The molecule has 0 aliphatic carbocycles. The summed E-state index contributed by atoms with van der Waals surface area (Å²) in [4.78, 5) is 0. The Kier molecular flexibility index (Phi) is 4.21. The first-order valence-corrected chi connectivity index (χ1v) is 6.59. The van der Waals surface area contributed by atoms with E-state index in [0.29, 0.717) is 28.0 Å². The van der Waals surface area contributed by atoms with E-state index in [1.165, 1.54) is 25.4 Å². The molecule has 1 aromatic carbocycles. The second-order valence-corrected chi connectivity index (χ2v) is 4.93. The van der Waals surface area contributed by atoms with Crippen LogP contribution in [0.4, 0.5) is 4.39 Å². The number of methoxy groups -OCH3 is 1. The van der Waals surface area contributed by atoms with Gasteiger partial charge in [0.25, 0.3) is 0 Å². The molecule has 1 N–H and O–H groups in total. The maximum Gasteiger partial charge on any atom is 0.163 e. The summed E-state index contributed by atoms with van der Waals surface area (Å²) in [5.74, 6) is 0.0692. The maximum atomic E-state index is 13.4. The van der Waals surface area contributed by atoms with Crippen LogP contribution in [0.25, 0.3) is 0 Å². The second-order valence-electron chi connectivity index (χ2n) is 4.02. The van der Waals surface area contributed by atoms with Gasteiger partial charge < -0.3 is 9.84 Å². The van der Waals surface area contributed by atoms with Crippen molar-refractivity contribution in [3.05, 3.63) is 45.9 Å². The molecule has 0 aliphatic rings. The Balaban J connectivity index is 2.48. The fraction of sp³-hybridized carbons (Fsp3) is 0.308. The Hall–Kier alpha value is -1.40. The Bertz CT molecular complexity index is 544. The summed E-state index contributed by atoms with van der Waals surface area (Å²) in [7, 11) is 1.51. The lowest BCUT2D eigenvalue weighted by atomic mass is 10.1. The van der Waals surface area contributed by atoms with Gasteiger partial charge in [0.15, 0.2) is 5.75 Å². The topological polar surface area (TPSA) is 47.3 Å². The van der Waals surface area contributed by atoms with Gasteiger partial charge in [-0.25, -0.2) is 4.39 Å². The zero-order chi connectivity index (χ0) is 14.0. The van der Waals surface area contributed by atoms with E-state index in [9.17, 15) is 9.50 Å². The predicted molar refractivity (Wildman–Crippen MR) is 72.6 cm³/mol. The largest absolute Gasteiger partial charge is 0.493 e. The molecule has 1 unspecified atom stereocenters. The average molecular weight is 329 g/mol. The number of benzene rings is 1. The summed E-state index contributed by atoms with van der Waals surface area (Å²) in [5.41, 5.74) is 0.961. The van der Waals surface area contributed by atoms with Crippen molar-refractivity contribution in [1.82, 2.24) is 9.78 Å². The number of ether oxygens (including phenoxy) is 1. The van der Waals surface area contributed by atoms with Crippen molar-refractivity contribution in [2.75, 3.05) is 7.11 Å². The molecular formula is C13H14BrFN2O2. The molecule has 19 heavy (non-hydrogen) atoms. The van der Waals surface area contributed by atoms with Crippen LogP contribution in [-0.2, 0) is 6.54 Å². The molecule has 4 nitrogen and oxygen atoms in total. The van der Waals surface area contributed by atoms with Gasteiger partial charge in [0, 0.05) is 11.0 Å². The van der Waals surface area contributed by atoms with Crippen LogP contribution in [0.3, 0.4) is 0 Å². The summed E-state index contributed by atoms with van der Waals surface area (Å²) in [6.45, 7) is 2.50. The number of aliphatic hydroxyl groups is 1. The van der Waals surface area contributed by atoms with E-state index in [0.717, 1.165) is 0 Å². The zero-order valence-electron chi connectivity index (χ0n) is 10.6. The van der Waals surface area contributed by atoms with Crippen LogP contribution in [0.15, 0.2) is 28.9 Å². The molecule has 0 saturated carbocycles. The molecule has 102 valence electrons. The van der Waals surface area contributed by atoms with Gasteiger partial charge >= 0.3 is 0 Å². The van der Waals surface area contributed by atoms with E-state index in [1.807, 2.05) is 6.92 Å². The number of hydrogen-bond acceptors (Lipinski definition) is 3. The van der Waals surface area contributed by atoms with Gasteiger partial charge in [-0.15, -0.1) is 0 Å². The highest BCUT2D eigenvalue weighted by Crippen LogP contribution is 2.31. The minimum atomic E-state index is -0.996. The highest BCUT2D eigenvalue weighted by atomic mass is 79.9. The predicted octanol–water partition coefficient (Wildman–Crippen LogP) is 2.89. The second kappa shape index (κ2) is 5.71. The van der Waals surface area contributed by atoms with Crippen molar-refractivity contribution >= 4 is 15.9 Å². The number of rotatable bonds is 4. The molecule has 2 rings (SSSR count). The third-order valence-electron chi connectivity index (χ3n) is 2.82. The molecule has 0 amide bonds. The average Bonchev–Trinajstić information content (AvgIpc) is 2.79. The van der Waals surface area contributed by atoms with Crippen LogP contribution >= 0.6 is 15.9 Å². The van der Waals surface area contributed by atoms with Crippen molar-refractivity contribution in [3.63, 3.8) is 0 Å². The Morgan fingerprint density at radius 3 is 2.79 bits per heavy atom. The molecule has 0 radical (unpaired) electrons. The fourth-order valence-electron chi connectivity index (χ4n) is 1.95. The third-order valence-corrected chi connectivity index (χ3v) is 3.28. The van der Waals surface area contributed by atoms with Gasteiger partial charge in [-0.1, -0.05) is 15.9 Å². The molecule has 6 heteroatoms.